The van der Waals surface area contributed by atoms with E-state index in [4.69, 9.17) is 4.74 Å². The van der Waals surface area contributed by atoms with Crippen LogP contribution in [-0.2, 0) is 4.74 Å². The van der Waals surface area contributed by atoms with E-state index in [1.807, 2.05) is 6.92 Å². The summed E-state index contributed by atoms with van der Waals surface area (Å²) in [6.07, 6.45) is 3.77. The standard InChI is InChI=1S/C14H16FNO4/c1-9-4-2-3-5-13(9)20-14(17)10-6-7-11(15)12(8-10)16(18)19/h6-9,13H,2-5H2,1H3. The fourth-order valence-corrected chi connectivity index (χ4v) is 2.44. The van der Waals surface area contributed by atoms with Gasteiger partial charge in [-0.2, -0.15) is 4.39 Å². The lowest BCUT2D eigenvalue weighted by molar-refractivity contribution is -0.387. The second-order valence-corrected chi connectivity index (χ2v) is 5.13. The monoisotopic (exact) mass is 281 g/mol. The third kappa shape index (κ3) is 3.12. The highest BCUT2D eigenvalue weighted by Crippen LogP contribution is 2.27. The van der Waals surface area contributed by atoms with Gasteiger partial charge in [0.1, 0.15) is 6.10 Å². The topological polar surface area (TPSA) is 69.4 Å². The van der Waals surface area contributed by atoms with Gasteiger partial charge in [-0.25, -0.2) is 4.79 Å². The lowest BCUT2D eigenvalue weighted by Gasteiger charge is -2.28. The van der Waals surface area contributed by atoms with Crippen LogP contribution in [0.2, 0.25) is 0 Å². The number of esters is 1. The molecule has 0 aromatic heterocycles. The Balaban J connectivity index is 2.13. The molecule has 0 spiro atoms. The van der Waals surface area contributed by atoms with Crippen LogP contribution < -0.4 is 0 Å². The van der Waals surface area contributed by atoms with Crippen molar-refractivity contribution in [1.82, 2.24) is 0 Å². The van der Waals surface area contributed by atoms with Crippen LogP contribution in [0.25, 0.3) is 0 Å². The van der Waals surface area contributed by atoms with Gasteiger partial charge in [0, 0.05) is 6.07 Å². The molecule has 0 aliphatic heterocycles. The number of halogens is 1. The lowest BCUT2D eigenvalue weighted by Crippen LogP contribution is -2.28. The molecule has 6 heteroatoms. The van der Waals surface area contributed by atoms with E-state index >= 15 is 0 Å². The number of benzene rings is 1. The van der Waals surface area contributed by atoms with Gasteiger partial charge < -0.3 is 4.74 Å². The first-order valence-electron chi connectivity index (χ1n) is 6.64. The molecule has 5 nitrogen and oxygen atoms in total. The van der Waals surface area contributed by atoms with Crippen LogP contribution in [0.1, 0.15) is 43.0 Å². The predicted molar refractivity (Wildman–Crippen MR) is 69.9 cm³/mol. The van der Waals surface area contributed by atoms with Crippen LogP contribution in [-0.4, -0.2) is 17.0 Å². The van der Waals surface area contributed by atoms with Crippen LogP contribution in [0.15, 0.2) is 18.2 Å². The predicted octanol–water partition coefficient (Wildman–Crippen LogP) is 3.47. The summed E-state index contributed by atoms with van der Waals surface area (Å²) in [5.41, 5.74) is -0.702. The second-order valence-electron chi connectivity index (χ2n) is 5.13. The van der Waals surface area contributed by atoms with E-state index in [1.54, 1.807) is 0 Å². The first kappa shape index (κ1) is 14.4. The molecule has 0 saturated heterocycles. The van der Waals surface area contributed by atoms with Gasteiger partial charge in [-0.3, -0.25) is 10.1 Å². The summed E-state index contributed by atoms with van der Waals surface area (Å²) in [7, 11) is 0. The van der Waals surface area contributed by atoms with Gasteiger partial charge in [-0.1, -0.05) is 13.3 Å². The molecule has 1 fully saturated rings. The molecule has 20 heavy (non-hydrogen) atoms. The van der Waals surface area contributed by atoms with Gasteiger partial charge in [0.15, 0.2) is 0 Å². The number of nitrogens with zero attached hydrogens (tertiary/aromatic N) is 1. The number of carbonyl (C=O) groups excluding carboxylic acids is 1. The van der Waals surface area contributed by atoms with Gasteiger partial charge >= 0.3 is 11.7 Å². The summed E-state index contributed by atoms with van der Waals surface area (Å²) in [6.45, 7) is 2.02. The van der Waals surface area contributed by atoms with Crippen molar-refractivity contribution in [2.24, 2.45) is 5.92 Å². The fourth-order valence-electron chi connectivity index (χ4n) is 2.44. The third-order valence-electron chi connectivity index (χ3n) is 3.67. The van der Waals surface area contributed by atoms with Crippen molar-refractivity contribution >= 4 is 11.7 Å². The van der Waals surface area contributed by atoms with E-state index in [0.29, 0.717) is 0 Å². The molecule has 0 radical (unpaired) electrons. The molecule has 108 valence electrons. The van der Waals surface area contributed by atoms with Crippen molar-refractivity contribution in [1.29, 1.82) is 0 Å². The summed E-state index contributed by atoms with van der Waals surface area (Å²) >= 11 is 0. The average Bonchev–Trinajstić information content (AvgIpc) is 2.41. The molecular weight excluding hydrogens is 265 g/mol. The highest BCUT2D eigenvalue weighted by atomic mass is 19.1. The zero-order valence-corrected chi connectivity index (χ0v) is 11.2. The number of rotatable bonds is 3. The molecule has 1 aliphatic carbocycles. The summed E-state index contributed by atoms with van der Waals surface area (Å²) in [5, 5.41) is 10.7. The van der Waals surface area contributed by atoms with Crippen LogP contribution >= 0.6 is 0 Å². The molecule has 2 rings (SSSR count). The zero-order valence-electron chi connectivity index (χ0n) is 11.2. The van der Waals surface area contributed by atoms with Crippen LogP contribution in [0, 0.1) is 21.8 Å². The molecule has 1 aromatic carbocycles. The Morgan fingerprint density at radius 2 is 2.10 bits per heavy atom. The molecule has 0 N–H and O–H groups in total. The minimum absolute atomic E-state index is 0.0101. The number of nitro groups is 1. The van der Waals surface area contributed by atoms with E-state index in [0.717, 1.165) is 37.8 Å². The highest BCUT2D eigenvalue weighted by Gasteiger charge is 2.26. The molecule has 1 aromatic rings. The van der Waals surface area contributed by atoms with Gasteiger partial charge in [0.05, 0.1) is 10.5 Å². The van der Waals surface area contributed by atoms with Crippen molar-refractivity contribution in [3.05, 3.63) is 39.7 Å². The Bertz CT molecular complexity index is 532. The SMILES string of the molecule is CC1CCCCC1OC(=O)c1ccc(F)c([N+](=O)[O-])c1. The molecule has 0 heterocycles. The zero-order chi connectivity index (χ0) is 14.7. The first-order valence-corrected chi connectivity index (χ1v) is 6.64. The van der Waals surface area contributed by atoms with E-state index in [2.05, 4.69) is 0 Å². The minimum atomic E-state index is -0.961. The summed E-state index contributed by atoms with van der Waals surface area (Å²) in [4.78, 5) is 21.8. The van der Waals surface area contributed by atoms with Gasteiger partial charge in [-0.15, -0.1) is 0 Å². The normalized spacial score (nSPS) is 22.3. The molecule has 2 atom stereocenters. The smallest absolute Gasteiger partial charge is 0.338 e. The molecule has 1 saturated carbocycles. The molecule has 2 unspecified atom stereocenters. The maximum Gasteiger partial charge on any atom is 0.338 e. The Morgan fingerprint density at radius 1 is 1.40 bits per heavy atom. The molecule has 1 aliphatic rings. The molecule has 0 amide bonds. The van der Waals surface area contributed by atoms with Crippen molar-refractivity contribution in [2.45, 2.75) is 38.7 Å². The summed E-state index contributed by atoms with van der Waals surface area (Å²) in [5.74, 6) is -1.31. The minimum Gasteiger partial charge on any atom is -0.458 e. The summed E-state index contributed by atoms with van der Waals surface area (Å²) < 4.78 is 18.6. The van der Waals surface area contributed by atoms with Crippen molar-refractivity contribution in [3.63, 3.8) is 0 Å². The second kappa shape index (κ2) is 5.98. The van der Waals surface area contributed by atoms with Crippen LogP contribution in [0.5, 0.6) is 0 Å². The lowest BCUT2D eigenvalue weighted by atomic mass is 9.88. The first-order chi connectivity index (χ1) is 9.49. The van der Waals surface area contributed by atoms with Crippen molar-refractivity contribution in [2.75, 3.05) is 0 Å². The number of nitro benzene ring substituents is 1. The maximum atomic E-state index is 13.2. The number of ether oxygens (including phenoxy) is 1. The van der Waals surface area contributed by atoms with E-state index in [9.17, 15) is 19.3 Å². The quantitative estimate of drug-likeness (QED) is 0.483. The Labute approximate surface area is 115 Å². The van der Waals surface area contributed by atoms with Gasteiger partial charge in [0.25, 0.3) is 0 Å². The van der Waals surface area contributed by atoms with E-state index < -0.39 is 22.4 Å². The number of hydrogen-bond acceptors (Lipinski definition) is 4. The maximum absolute atomic E-state index is 13.2. The number of carbonyl (C=O) groups is 1. The van der Waals surface area contributed by atoms with Crippen LogP contribution in [0.3, 0.4) is 0 Å². The van der Waals surface area contributed by atoms with Gasteiger partial charge in [0.2, 0.25) is 5.82 Å². The van der Waals surface area contributed by atoms with E-state index in [1.165, 1.54) is 6.07 Å². The average molecular weight is 281 g/mol. The largest absolute Gasteiger partial charge is 0.458 e. The summed E-state index contributed by atoms with van der Waals surface area (Å²) in [6, 6.07) is 3.04. The Morgan fingerprint density at radius 3 is 2.75 bits per heavy atom. The van der Waals surface area contributed by atoms with Crippen molar-refractivity contribution < 1.29 is 18.8 Å². The van der Waals surface area contributed by atoms with E-state index in [-0.39, 0.29) is 17.6 Å². The Kier molecular flexibility index (Phi) is 4.32. The van der Waals surface area contributed by atoms with Gasteiger partial charge in [-0.05, 0) is 37.3 Å². The molecular formula is C14H16FNO4. The fraction of sp³-hybridized carbons (Fsp3) is 0.500. The van der Waals surface area contributed by atoms with Crippen LogP contribution in [0.4, 0.5) is 10.1 Å². The number of hydrogen-bond donors (Lipinski definition) is 0. The van der Waals surface area contributed by atoms with Crippen molar-refractivity contribution in [3.8, 4) is 0 Å². The molecule has 0 bridgehead atoms. The third-order valence-corrected chi connectivity index (χ3v) is 3.67. The Hall–Kier alpha value is -1.98. The highest BCUT2D eigenvalue weighted by molar-refractivity contribution is 5.90.